The second kappa shape index (κ2) is 4.56. The van der Waals surface area contributed by atoms with Crippen molar-refractivity contribution < 1.29 is 4.74 Å². The maximum atomic E-state index is 5.52. The number of rotatable bonds is 3. The van der Waals surface area contributed by atoms with E-state index < -0.39 is 0 Å². The molecule has 0 saturated carbocycles. The highest BCUT2D eigenvalue weighted by molar-refractivity contribution is 5.57. The number of nitrogens with one attached hydrogen (secondary N) is 1. The van der Waals surface area contributed by atoms with Crippen molar-refractivity contribution in [3.8, 4) is 5.75 Å². The Hall–Kier alpha value is -2.49. The van der Waals surface area contributed by atoms with Gasteiger partial charge in [0.2, 0.25) is 0 Å². The molecule has 100 valence electrons. The normalized spacial score (nSPS) is 13.2. The summed E-state index contributed by atoms with van der Waals surface area (Å²) in [4.78, 5) is 0. The smallest absolute Gasteiger partial charge is 0.122 e. The molecule has 0 bridgehead atoms. The summed E-state index contributed by atoms with van der Waals surface area (Å²) in [5.74, 6) is 1.02. The number of hydrogen-bond donors (Lipinski definition) is 1. The highest BCUT2D eigenvalue weighted by Crippen LogP contribution is 2.28. The van der Waals surface area contributed by atoms with Gasteiger partial charge in [0.05, 0.1) is 18.3 Å². The molecule has 1 aromatic carbocycles. The summed E-state index contributed by atoms with van der Waals surface area (Å²) >= 11 is 0. The maximum Gasteiger partial charge on any atom is 0.122 e. The van der Waals surface area contributed by atoms with Gasteiger partial charge in [-0.25, -0.2) is 4.52 Å². The average Bonchev–Trinajstić information content (AvgIpc) is 3.11. The third-order valence-electron chi connectivity index (χ3n) is 3.68. The van der Waals surface area contributed by atoms with Gasteiger partial charge in [-0.3, -0.25) is 0 Å². The van der Waals surface area contributed by atoms with Crippen molar-refractivity contribution in [3.05, 3.63) is 59.9 Å². The molecule has 0 spiro atoms. The van der Waals surface area contributed by atoms with Gasteiger partial charge in [0.15, 0.2) is 0 Å². The summed E-state index contributed by atoms with van der Waals surface area (Å²) < 4.78 is 7.42. The molecule has 4 heteroatoms. The summed E-state index contributed by atoms with van der Waals surface area (Å²) in [6.07, 6.45) is 4.88. The first-order chi connectivity index (χ1) is 9.90. The van der Waals surface area contributed by atoms with Crippen LogP contribution in [-0.4, -0.2) is 16.2 Å². The van der Waals surface area contributed by atoms with Crippen molar-refractivity contribution >= 4 is 11.2 Å². The van der Waals surface area contributed by atoms with Crippen LogP contribution in [-0.2, 0) is 13.0 Å². The zero-order valence-electron chi connectivity index (χ0n) is 11.0. The average molecular weight is 265 g/mol. The van der Waals surface area contributed by atoms with Gasteiger partial charge >= 0.3 is 0 Å². The van der Waals surface area contributed by atoms with Crippen LogP contribution in [0.15, 0.2) is 48.8 Å². The molecular weight excluding hydrogens is 250 g/mol. The van der Waals surface area contributed by atoms with Crippen molar-refractivity contribution in [2.45, 2.75) is 13.0 Å². The van der Waals surface area contributed by atoms with Crippen molar-refractivity contribution in [1.82, 2.24) is 9.61 Å². The Labute approximate surface area is 117 Å². The van der Waals surface area contributed by atoms with Gasteiger partial charge in [-0.1, -0.05) is 6.07 Å². The van der Waals surface area contributed by atoms with Crippen LogP contribution in [0.5, 0.6) is 5.75 Å². The van der Waals surface area contributed by atoms with E-state index >= 15 is 0 Å². The molecule has 1 aliphatic rings. The highest BCUT2D eigenvalue weighted by atomic mass is 16.5. The fraction of sp³-hybridized carbons (Fsp3) is 0.188. The molecule has 0 aliphatic carbocycles. The van der Waals surface area contributed by atoms with Crippen LogP contribution in [0.25, 0.3) is 5.52 Å². The Morgan fingerprint density at radius 1 is 1.25 bits per heavy atom. The molecule has 0 saturated heterocycles. The lowest BCUT2D eigenvalue weighted by molar-refractivity contribution is 0.357. The lowest BCUT2D eigenvalue weighted by Crippen LogP contribution is -1.99. The van der Waals surface area contributed by atoms with Crippen LogP contribution in [0.2, 0.25) is 0 Å². The largest absolute Gasteiger partial charge is 0.493 e. The first kappa shape index (κ1) is 11.3. The number of fused-ring (bicyclic) bond motifs is 2. The predicted octanol–water partition coefficient (Wildman–Crippen LogP) is 2.88. The molecule has 2 aromatic heterocycles. The summed E-state index contributed by atoms with van der Waals surface area (Å²) in [5, 5.41) is 7.81. The zero-order chi connectivity index (χ0) is 13.4. The van der Waals surface area contributed by atoms with E-state index in [1.54, 1.807) is 0 Å². The molecule has 4 rings (SSSR count). The number of aromatic nitrogens is 2. The van der Waals surface area contributed by atoms with Crippen LogP contribution in [0, 0.1) is 0 Å². The minimum absolute atomic E-state index is 0.771. The minimum atomic E-state index is 0.771. The summed E-state index contributed by atoms with van der Waals surface area (Å²) in [6, 6.07) is 12.4. The first-order valence-corrected chi connectivity index (χ1v) is 6.81. The van der Waals surface area contributed by atoms with Crippen LogP contribution in [0.4, 0.5) is 5.69 Å². The summed E-state index contributed by atoms with van der Waals surface area (Å²) in [7, 11) is 0. The first-order valence-electron chi connectivity index (χ1n) is 6.81. The molecule has 1 N–H and O–H groups in total. The number of hydrogen-bond acceptors (Lipinski definition) is 3. The molecule has 0 amide bonds. The quantitative estimate of drug-likeness (QED) is 0.791. The number of pyridine rings is 1. The Morgan fingerprint density at radius 3 is 3.25 bits per heavy atom. The topological polar surface area (TPSA) is 38.6 Å². The maximum absolute atomic E-state index is 5.52. The third kappa shape index (κ3) is 1.90. The van der Waals surface area contributed by atoms with Crippen LogP contribution in [0.1, 0.15) is 11.1 Å². The standard InChI is InChI=1S/C16H15N3O/c1-2-7-19-15(3-1)13(11-18-19)10-17-14-4-5-16-12(9-14)6-8-20-16/h1-5,7,9,11,17H,6,8,10H2. The van der Waals surface area contributed by atoms with Gasteiger partial charge in [-0.15, -0.1) is 0 Å². The van der Waals surface area contributed by atoms with Crippen LogP contribution in [0.3, 0.4) is 0 Å². The fourth-order valence-corrected chi connectivity index (χ4v) is 2.62. The molecule has 20 heavy (non-hydrogen) atoms. The monoisotopic (exact) mass is 265 g/mol. The highest BCUT2D eigenvalue weighted by Gasteiger charge is 2.12. The lowest BCUT2D eigenvalue weighted by atomic mass is 10.1. The second-order valence-corrected chi connectivity index (χ2v) is 4.97. The number of anilines is 1. The van der Waals surface area contributed by atoms with E-state index in [0.717, 1.165) is 36.5 Å². The van der Waals surface area contributed by atoms with E-state index in [0.29, 0.717) is 0 Å². The zero-order valence-corrected chi connectivity index (χ0v) is 11.0. The molecule has 4 nitrogen and oxygen atoms in total. The summed E-state index contributed by atoms with van der Waals surface area (Å²) in [6.45, 7) is 1.57. The molecule has 0 radical (unpaired) electrons. The van der Waals surface area contributed by atoms with Crippen molar-refractivity contribution in [1.29, 1.82) is 0 Å². The Bertz CT molecular complexity index is 763. The summed E-state index contributed by atoms with van der Waals surface area (Å²) in [5.41, 5.74) is 4.76. The van der Waals surface area contributed by atoms with E-state index in [1.165, 1.54) is 11.1 Å². The second-order valence-electron chi connectivity index (χ2n) is 4.97. The molecule has 0 unspecified atom stereocenters. The van der Waals surface area contributed by atoms with Gasteiger partial charge in [-0.05, 0) is 35.9 Å². The molecule has 3 aromatic rings. The fourth-order valence-electron chi connectivity index (χ4n) is 2.62. The van der Waals surface area contributed by atoms with Gasteiger partial charge < -0.3 is 10.1 Å². The molecular formula is C16H15N3O. The lowest BCUT2D eigenvalue weighted by Gasteiger charge is -2.07. The van der Waals surface area contributed by atoms with Crippen LogP contribution < -0.4 is 10.1 Å². The number of ether oxygens (including phenoxy) is 1. The molecule has 3 heterocycles. The predicted molar refractivity (Wildman–Crippen MR) is 78.2 cm³/mol. The van der Waals surface area contributed by atoms with Crippen LogP contribution >= 0.6 is 0 Å². The third-order valence-corrected chi connectivity index (χ3v) is 3.68. The van der Waals surface area contributed by atoms with E-state index in [-0.39, 0.29) is 0 Å². The molecule has 1 aliphatic heterocycles. The van der Waals surface area contributed by atoms with Crippen molar-refractivity contribution in [3.63, 3.8) is 0 Å². The van der Waals surface area contributed by atoms with E-state index in [1.807, 2.05) is 35.1 Å². The Balaban J connectivity index is 1.55. The van der Waals surface area contributed by atoms with E-state index in [2.05, 4.69) is 28.6 Å². The molecule has 0 atom stereocenters. The van der Waals surface area contributed by atoms with Crippen molar-refractivity contribution in [2.24, 2.45) is 0 Å². The van der Waals surface area contributed by atoms with E-state index in [9.17, 15) is 0 Å². The van der Waals surface area contributed by atoms with Gasteiger partial charge in [0, 0.05) is 30.4 Å². The van der Waals surface area contributed by atoms with Gasteiger partial charge in [0.25, 0.3) is 0 Å². The number of nitrogens with zero attached hydrogens (tertiary/aromatic N) is 2. The van der Waals surface area contributed by atoms with Gasteiger partial charge in [0.1, 0.15) is 5.75 Å². The van der Waals surface area contributed by atoms with Crippen molar-refractivity contribution in [2.75, 3.05) is 11.9 Å². The SMILES string of the molecule is c1ccn2ncc(CNc3ccc4c(c3)CCO4)c2c1. The minimum Gasteiger partial charge on any atom is -0.493 e. The number of benzene rings is 1. The van der Waals surface area contributed by atoms with E-state index in [4.69, 9.17) is 4.74 Å². The van der Waals surface area contributed by atoms with Gasteiger partial charge in [-0.2, -0.15) is 5.10 Å². The molecule has 0 fully saturated rings. The Kier molecular flexibility index (Phi) is 2.59. The Morgan fingerprint density at radius 2 is 2.25 bits per heavy atom.